The third-order valence-electron chi connectivity index (χ3n) is 3.20. The number of nitrogens with zero attached hydrogens (tertiary/aromatic N) is 3. The van der Waals surface area contributed by atoms with Crippen LogP contribution in [0.1, 0.15) is 0 Å². The van der Waals surface area contributed by atoms with Gasteiger partial charge in [-0.1, -0.05) is 29.8 Å². The normalized spacial score (nSPS) is 18.1. The average molecular weight is 428 g/mol. The molecule has 136 valence electrons. The molecule has 1 aromatic heterocycles. The molecule has 1 fully saturated rings. The standard InChI is InChI=1S/C16H14ClN3O3S3/c1-19(2)10-12-15(21)20(11-6-4-3-5-7-11)16(24-12)18-26(22,23)14-9-8-13(17)25-14/h3-10H,1-2H3. The highest BCUT2D eigenvalue weighted by Gasteiger charge is 2.36. The van der Waals surface area contributed by atoms with E-state index in [0.29, 0.717) is 14.9 Å². The van der Waals surface area contributed by atoms with Gasteiger partial charge in [0.25, 0.3) is 15.9 Å². The summed E-state index contributed by atoms with van der Waals surface area (Å²) in [7, 11) is -0.403. The topological polar surface area (TPSA) is 70.1 Å². The largest absolute Gasteiger partial charge is 0.382 e. The van der Waals surface area contributed by atoms with Crippen molar-refractivity contribution in [1.29, 1.82) is 0 Å². The van der Waals surface area contributed by atoms with E-state index in [-0.39, 0.29) is 15.3 Å². The summed E-state index contributed by atoms with van der Waals surface area (Å²) in [4.78, 5) is 16.2. The molecule has 26 heavy (non-hydrogen) atoms. The maximum Gasteiger partial charge on any atom is 0.294 e. The van der Waals surface area contributed by atoms with Gasteiger partial charge in [0.05, 0.1) is 14.9 Å². The lowest BCUT2D eigenvalue weighted by Crippen LogP contribution is -2.29. The van der Waals surface area contributed by atoms with E-state index in [4.69, 9.17) is 11.6 Å². The van der Waals surface area contributed by atoms with Crippen molar-refractivity contribution in [3.63, 3.8) is 0 Å². The van der Waals surface area contributed by atoms with Crippen LogP contribution < -0.4 is 4.90 Å². The van der Waals surface area contributed by atoms with Crippen molar-refractivity contribution in [2.75, 3.05) is 19.0 Å². The molecule has 0 saturated carbocycles. The molecular formula is C16H14ClN3O3S3. The summed E-state index contributed by atoms with van der Waals surface area (Å²) in [6.45, 7) is 0. The van der Waals surface area contributed by atoms with E-state index >= 15 is 0 Å². The minimum Gasteiger partial charge on any atom is -0.382 e. The minimum absolute atomic E-state index is 0.0288. The summed E-state index contributed by atoms with van der Waals surface area (Å²) < 4.78 is 29.5. The number of hydrogen-bond acceptors (Lipinski definition) is 6. The molecule has 3 rings (SSSR count). The Labute approximate surface area is 164 Å². The first kappa shape index (κ1) is 19.0. The smallest absolute Gasteiger partial charge is 0.294 e. The van der Waals surface area contributed by atoms with Crippen LogP contribution in [0.15, 0.2) is 62.2 Å². The zero-order chi connectivity index (χ0) is 18.9. The Kier molecular flexibility index (Phi) is 5.42. The molecule has 0 bridgehead atoms. The van der Waals surface area contributed by atoms with Crippen molar-refractivity contribution in [2.24, 2.45) is 4.40 Å². The second-order valence-corrected chi connectivity index (χ2v) is 10.00. The van der Waals surface area contributed by atoms with Crippen LogP contribution in [0.4, 0.5) is 5.69 Å². The van der Waals surface area contributed by atoms with Crippen molar-refractivity contribution in [3.05, 3.63) is 57.9 Å². The van der Waals surface area contributed by atoms with Crippen molar-refractivity contribution >= 4 is 61.5 Å². The number of carbonyl (C=O) groups is 1. The molecule has 10 heteroatoms. The van der Waals surface area contributed by atoms with Gasteiger partial charge in [-0.05, 0) is 36.0 Å². The molecule has 0 atom stereocenters. The zero-order valence-electron chi connectivity index (χ0n) is 13.8. The maximum absolute atomic E-state index is 12.8. The summed E-state index contributed by atoms with van der Waals surface area (Å²) in [5.41, 5.74) is 0.547. The van der Waals surface area contributed by atoms with Crippen LogP contribution in [-0.4, -0.2) is 38.5 Å². The first-order valence-corrected chi connectivity index (χ1v) is 10.8. The van der Waals surface area contributed by atoms with Gasteiger partial charge in [0.2, 0.25) is 0 Å². The number of anilines is 1. The molecule has 0 N–H and O–H groups in total. The minimum atomic E-state index is -3.97. The Morgan fingerprint density at radius 3 is 2.42 bits per heavy atom. The Hall–Kier alpha value is -1.81. The highest BCUT2D eigenvalue weighted by Crippen LogP contribution is 2.36. The van der Waals surface area contributed by atoms with E-state index in [1.807, 2.05) is 6.07 Å². The first-order chi connectivity index (χ1) is 12.3. The van der Waals surface area contributed by atoms with Crippen LogP contribution in [0.3, 0.4) is 0 Å². The number of hydrogen-bond donors (Lipinski definition) is 0. The quantitative estimate of drug-likeness (QED) is 0.697. The lowest BCUT2D eigenvalue weighted by atomic mass is 10.3. The second kappa shape index (κ2) is 7.43. The van der Waals surface area contributed by atoms with E-state index in [9.17, 15) is 13.2 Å². The Morgan fingerprint density at radius 2 is 1.85 bits per heavy atom. The molecule has 2 heterocycles. The summed E-state index contributed by atoms with van der Waals surface area (Å²) in [6.07, 6.45) is 1.64. The number of rotatable bonds is 4. The molecule has 0 radical (unpaired) electrons. The summed E-state index contributed by atoms with van der Waals surface area (Å²) in [5.74, 6) is -0.326. The third-order valence-corrected chi connectivity index (χ3v) is 7.23. The van der Waals surface area contributed by atoms with Gasteiger partial charge in [-0.3, -0.25) is 9.69 Å². The van der Waals surface area contributed by atoms with Crippen LogP contribution in [0.5, 0.6) is 0 Å². The van der Waals surface area contributed by atoms with Gasteiger partial charge in [0.15, 0.2) is 5.17 Å². The fraction of sp³-hybridized carbons (Fsp3) is 0.125. The summed E-state index contributed by atoms with van der Waals surface area (Å²) in [5, 5.41) is 0.0822. The second-order valence-electron chi connectivity index (χ2n) is 5.44. The number of thioether (sulfide) groups is 1. The van der Waals surface area contributed by atoms with Crippen molar-refractivity contribution in [3.8, 4) is 0 Å². The Morgan fingerprint density at radius 1 is 1.15 bits per heavy atom. The zero-order valence-corrected chi connectivity index (χ0v) is 17.0. The van der Waals surface area contributed by atoms with E-state index in [1.54, 1.807) is 49.5 Å². The first-order valence-electron chi connectivity index (χ1n) is 7.34. The molecular weight excluding hydrogens is 414 g/mol. The van der Waals surface area contributed by atoms with Crippen LogP contribution in [0.2, 0.25) is 4.34 Å². The fourth-order valence-corrected chi connectivity index (χ4v) is 5.84. The Bertz CT molecular complexity index is 998. The number of thiophene rings is 1. The van der Waals surface area contributed by atoms with Gasteiger partial charge in [-0.25, -0.2) is 0 Å². The number of benzene rings is 1. The lowest BCUT2D eigenvalue weighted by molar-refractivity contribution is -0.113. The van der Waals surface area contributed by atoms with E-state index < -0.39 is 10.0 Å². The SMILES string of the molecule is CN(C)C=C1SC(=NS(=O)(=O)c2ccc(Cl)s2)N(c2ccccc2)C1=O. The predicted molar refractivity (Wildman–Crippen MR) is 107 cm³/mol. The van der Waals surface area contributed by atoms with Crippen LogP contribution in [0, 0.1) is 0 Å². The van der Waals surface area contributed by atoms with Gasteiger partial charge < -0.3 is 4.90 Å². The third kappa shape index (κ3) is 3.96. The molecule has 1 saturated heterocycles. The molecule has 0 aliphatic carbocycles. The highest BCUT2D eigenvalue weighted by atomic mass is 35.5. The van der Waals surface area contributed by atoms with E-state index in [1.165, 1.54) is 17.0 Å². The number of halogens is 1. The molecule has 1 aliphatic rings. The number of sulfonamides is 1. The average Bonchev–Trinajstić information content (AvgIpc) is 3.12. The molecule has 1 aromatic carbocycles. The van der Waals surface area contributed by atoms with Crippen LogP contribution >= 0.6 is 34.7 Å². The predicted octanol–water partition coefficient (Wildman–Crippen LogP) is 3.63. The van der Waals surface area contributed by atoms with Crippen LogP contribution in [-0.2, 0) is 14.8 Å². The summed E-state index contributed by atoms with van der Waals surface area (Å²) in [6, 6.07) is 11.7. The fourth-order valence-electron chi connectivity index (χ4n) is 2.15. The maximum atomic E-state index is 12.8. The van der Waals surface area contributed by atoms with Crippen molar-refractivity contribution in [1.82, 2.24) is 4.90 Å². The molecule has 1 aliphatic heterocycles. The molecule has 1 amide bonds. The lowest BCUT2D eigenvalue weighted by Gasteiger charge is -2.15. The number of carbonyl (C=O) groups excluding carboxylic acids is 1. The number of amides is 1. The highest BCUT2D eigenvalue weighted by molar-refractivity contribution is 8.19. The summed E-state index contributed by atoms with van der Waals surface area (Å²) >= 11 is 7.77. The monoisotopic (exact) mass is 427 g/mol. The van der Waals surface area contributed by atoms with E-state index in [2.05, 4.69) is 4.40 Å². The number of para-hydroxylation sites is 1. The molecule has 0 spiro atoms. The molecule has 2 aromatic rings. The Balaban J connectivity index is 2.09. The van der Waals surface area contributed by atoms with Gasteiger partial charge in [0, 0.05) is 20.3 Å². The molecule has 6 nitrogen and oxygen atoms in total. The van der Waals surface area contributed by atoms with Crippen molar-refractivity contribution in [2.45, 2.75) is 4.21 Å². The van der Waals surface area contributed by atoms with E-state index in [0.717, 1.165) is 23.1 Å². The number of amidine groups is 1. The van der Waals surface area contributed by atoms with Gasteiger partial charge >= 0.3 is 0 Å². The van der Waals surface area contributed by atoms with Gasteiger partial charge in [-0.15, -0.1) is 15.7 Å². The van der Waals surface area contributed by atoms with Gasteiger partial charge in [0.1, 0.15) is 4.21 Å². The van der Waals surface area contributed by atoms with Gasteiger partial charge in [-0.2, -0.15) is 8.42 Å². The molecule has 0 unspecified atom stereocenters. The van der Waals surface area contributed by atoms with Crippen LogP contribution in [0.25, 0.3) is 0 Å². The van der Waals surface area contributed by atoms with Crippen molar-refractivity contribution < 1.29 is 13.2 Å².